The summed E-state index contributed by atoms with van der Waals surface area (Å²) in [7, 11) is 1.45. The summed E-state index contributed by atoms with van der Waals surface area (Å²) in [6.07, 6.45) is 1.86. The third-order valence-corrected chi connectivity index (χ3v) is 4.70. The average Bonchev–Trinajstić information content (AvgIpc) is 2.86. The number of likely N-dealkylation sites (N-methyl/N-ethyl adjacent to an activating group) is 1. The number of fused-ring (bicyclic) bond motifs is 1. The van der Waals surface area contributed by atoms with E-state index in [1.54, 1.807) is 11.3 Å². The number of amides is 2. The van der Waals surface area contributed by atoms with Crippen LogP contribution in [0.5, 0.6) is 0 Å². The minimum absolute atomic E-state index is 0.0699. The van der Waals surface area contributed by atoms with Gasteiger partial charge < -0.3 is 15.7 Å². The van der Waals surface area contributed by atoms with E-state index >= 15 is 0 Å². The van der Waals surface area contributed by atoms with E-state index in [4.69, 9.17) is 0 Å². The van der Waals surface area contributed by atoms with Crippen molar-refractivity contribution < 1.29 is 14.7 Å². The van der Waals surface area contributed by atoms with Crippen LogP contribution in [0.4, 0.5) is 0 Å². The predicted molar refractivity (Wildman–Crippen MR) is 77.9 cm³/mol. The lowest BCUT2D eigenvalue weighted by molar-refractivity contribution is -0.128. The molecule has 1 aliphatic rings. The Bertz CT molecular complexity index is 513. The summed E-state index contributed by atoms with van der Waals surface area (Å²) in [4.78, 5) is 24.6. The molecule has 1 heterocycles. The quantitative estimate of drug-likeness (QED) is 0.765. The number of aliphatic hydroxyl groups excluding tert-OH is 1. The number of nitrogens with one attached hydrogen (secondary N) is 2. The van der Waals surface area contributed by atoms with Gasteiger partial charge in [0.15, 0.2) is 0 Å². The largest absolute Gasteiger partial charge is 0.381 e. The summed E-state index contributed by atoms with van der Waals surface area (Å²) < 4.78 is 0. The third kappa shape index (κ3) is 3.19. The lowest BCUT2D eigenvalue weighted by Crippen LogP contribution is -2.41. The molecule has 6 heteroatoms. The second-order valence-electron chi connectivity index (χ2n) is 5.24. The number of hydrogen-bond acceptors (Lipinski definition) is 4. The van der Waals surface area contributed by atoms with Crippen LogP contribution in [0.3, 0.4) is 0 Å². The van der Waals surface area contributed by atoms with Gasteiger partial charge in [-0.05, 0) is 30.7 Å². The number of aliphatic hydroxyl groups is 1. The predicted octanol–water partition coefficient (Wildman–Crippen LogP) is 0.710. The van der Waals surface area contributed by atoms with Gasteiger partial charge in [0.1, 0.15) is 6.10 Å². The number of carbonyl (C=O) groups excluding carboxylic acids is 2. The van der Waals surface area contributed by atoms with Gasteiger partial charge in [-0.2, -0.15) is 0 Å². The molecule has 0 fully saturated rings. The smallest absolute Gasteiger partial charge is 0.252 e. The molecule has 0 aromatic carbocycles. The molecule has 110 valence electrons. The molecule has 2 atom stereocenters. The van der Waals surface area contributed by atoms with E-state index in [1.165, 1.54) is 11.9 Å². The van der Waals surface area contributed by atoms with E-state index in [-0.39, 0.29) is 12.5 Å². The van der Waals surface area contributed by atoms with Crippen LogP contribution in [0.15, 0.2) is 5.38 Å². The highest BCUT2D eigenvalue weighted by Gasteiger charge is 2.23. The minimum Gasteiger partial charge on any atom is -0.381 e. The van der Waals surface area contributed by atoms with Crippen LogP contribution in [0.1, 0.15) is 34.1 Å². The van der Waals surface area contributed by atoms with Gasteiger partial charge in [-0.15, -0.1) is 11.3 Å². The second kappa shape index (κ2) is 6.37. The van der Waals surface area contributed by atoms with Crippen LogP contribution < -0.4 is 10.6 Å². The summed E-state index contributed by atoms with van der Waals surface area (Å²) in [5, 5.41) is 16.4. The molecular formula is C14H20N2O3S. The zero-order valence-corrected chi connectivity index (χ0v) is 12.5. The Hall–Kier alpha value is -1.40. The Kier molecular flexibility index (Phi) is 4.77. The van der Waals surface area contributed by atoms with Crippen LogP contribution in [0.2, 0.25) is 0 Å². The fourth-order valence-electron chi connectivity index (χ4n) is 2.41. The maximum absolute atomic E-state index is 12.1. The normalized spacial score (nSPS) is 19.1. The zero-order chi connectivity index (χ0) is 14.7. The molecule has 3 N–H and O–H groups in total. The Morgan fingerprint density at radius 1 is 1.55 bits per heavy atom. The first-order valence-corrected chi connectivity index (χ1v) is 7.68. The van der Waals surface area contributed by atoms with Crippen LogP contribution in [0, 0.1) is 5.92 Å². The first-order valence-electron chi connectivity index (χ1n) is 6.80. The molecule has 0 unspecified atom stereocenters. The highest BCUT2D eigenvalue weighted by atomic mass is 32.1. The van der Waals surface area contributed by atoms with E-state index in [2.05, 4.69) is 17.6 Å². The van der Waals surface area contributed by atoms with Gasteiger partial charge in [-0.3, -0.25) is 9.59 Å². The highest BCUT2D eigenvalue weighted by molar-refractivity contribution is 7.10. The molecule has 0 saturated carbocycles. The van der Waals surface area contributed by atoms with Gasteiger partial charge in [0.2, 0.25) is 5.91 Å². The van der Waals surface area contributed by atoms with Crippen LogP contribution in [-0.4, -0.2) is 36.6 Å². The molecule has 0 spiro atoms. The molecule has 1 aromatic heterocycles. The molecular weight excluding hydrogens is 276 g/mol. The minimum atomic E-state index is -1.21. The van der Waals surface area contributed by atoms with Crippen molar-refractivity contribution in [3.63, 3.8) is 0 Å². The Morgan fingerprint density at radius 3 is 3.00 bits per heavy atom. The van der Waals surface area contributed by atoms with Gasteiger partial charge in [-0.1, -0.05) is 6.92 Å². The summed E-state index contributed by atoms with van der Waals surface area (Å²) >= 11 is 1.63. The van der Waals surface area contributed by atoms with E-state index in [0.717, 1.165) is 24.8 Å². The Balaban J connectivity index is 1.99. The average molecular weight is 296 g/mol. The molecule has 0 saturated heterocycles. The Labute approximate surface area is 122 Å². The van der Waals surface area contributed by atoms with Gasteiger partial charge in [-0.25, -0.2) is 0 Å². The topological polar surface area (TPSA) is 78.4 Å². The fourth-order valence-corrected chi connectivity index (χ4v) is 3.66. The van der Waals surface area contributed by atoms with Gasteiger partial charge in [0, 0.05) is 17.3 Å². The third-order valence-electron chi connectivity index (χ3n) is 3.65. The number of rotatable bonds is 4. The summed E-state index contributed by atoms with van der Waals surface area (Å²) in [5.41, 5.74) is 1.83. The molecule has 0 bridgehead atoms. The van der Waals surface area contributed by atoms with E-state index in [9.17, 15) is 14.7 Å². The van der Waals surface area contributed by atoms with Crippen molar-refractivity contribution >= 4 is 23.2 Å². The van der Waals surface area contributed by atoms with Crippen molar-refractivity contribution in [2.45, 2.75) is 32.3 Å². The first kappa shape index (κ1) is 15.0. The van der Waals surface area contributed by atoms with Crippen molar-refractivity contribution in [3.8, 4) is 0 Å². The van der Waals surface area contributed by atoms with Crippen molar-refractivity contribution in [3.05, 3.63) is 21.4 Å². The van der Waals surface area contributed by atoms with Crippen molar-refractivity contribution in [2.24, 2.45) is 5.92 Å². The number of thiophene rings is 1. The molecule has 1 aliphatic carbocycles. The molecule has 0 aliphatic heterocycles. The van der Waals surface area contributed by atoms with Crippen LogP contribution >= 0.6 is 11.3 Å². The number of hydrogen-bond donors (Lipinski definition) is 3. The lowest BCUT2D eigenvalue weighted by atomic mass is 9.88. The molecule has 2 amide bonds. The molecule has 1 aromatic rings. The molecule has 0 radical (unpaired) electrons. The fraction of sp³-hybridized carbons (Fsp3) is 0.571. The van der Waals surface area contributed by atoms with Crippen molar-refractivity contribution in [1.82, 2.24) is 10.6 Å². The summed E-state index contributed by atoms with van der Waals surface area (Å²) in [6, 6.07) is 0. The Morgan fingerprint density at radius 2 is 2.30 bits per heavy atom. The van der Waals surface area contributed by atoms with Crippen LogP contribution in [0.25, 0.3) is 0 Å². The van der Waals surface area contributed by atoms with Crippen LogP contribution in [-0.2, 0) is 17.6 Å². The summed E-state index contributed by atoms with van der Waals surface area (Å²) in [5.74, 6) is -0.0291. The second-order valence-corrected chi connectivity index (χ2v) is 6.20. The SMILES string of the molecule is CNC(=O)[C@H](O)CNC(=O)c1csc2c1CC[C@@H](C)C2. The summed E-state index contributed by atoms with van der Waals surface area (Å²) in [6.45, 7) is 2.15. The van der Waals surface area contributed by atoms with E-state index in [1.807, 2.05) is 5.38 Å². The maximum Gasteiger partial charge on any atom is 0.252 e. The highest BCUT2D eigenvalue weighted by Crippen LogP contribution is 2.32. The van der Waals surface area contributed by atoms with Gasteiger partial charge in [0.25, 0.3) is 5.91 Å². The first-order chi connectivity index (χ1) is 9.52. The molecule has 20 heavy (non-hydrogen) atoms. The number of carbonyl (C=O) groups is 2. The maximum atomic E-state index is 12.1. The van der Waals surface area contributed by atoms with Crippen molar-refractivity contribution in [1.29, 1.82) is 0 Å². The molecule has 5 nitrogen and oxygen atoms in total. The lowest BCUT2D eigenvalue weighted by Gasteiger charge is -2.19. The molecule has 2 rings (SSSR count). The van der Waals surface area contributed by atoms with Crippen molar-refractivity contribution in [2.75, 3.05) is 13.6 Å². The van der Waals surface area contributed by atoms with Gasteiger partial charge in [0.05, 0.1) is 12.1 Å². The van der Waals surface area contributed by atoms with Gasteiger partial charge >= 0.3 is 0 Å². The van der Waals surface area contributed by atoms with E-state index < -0.39 is 12.0 Å². The monoisotopic (exact) mass is 296 g/mol. The van der Waals surface area contributed by atoms with E-state index in [0.29, 0.717) is 11.5 Å². The standard InChI is InChI=1S/C14H20N2O3S/c1-8-3-4-9-10(7-20-12(9)5-8)13(18)16-6-11(17)14(19)15-2/h7-8,11,17H,3-6H2,1-2H3,(H,15,19)(H,16,18)/t8-,11-/m1/s1. The zero-order valence-electron chi connectivity index (χ0n) is 11.7.